The van der Waals surface area contributed by atoms with Crippen molar-refractivity contribution >= 4 is 11.6 Å². The Morgan fingerprint density at radius 2 is 2.12 bits per heavy atom. The predicted octanol–water partition coefficient (Wildman–Crippen LogP) is 3.94. The number of amides is 1. The molecule has 2 saturated carbocycles. The average Bonchev–Trinajstić information content (AvgIpc) is 3.20. The molecule has 2 fully saturated rings. The topological polar surface area (TPSA) is 46.9 Å². The lowest BCUT2D eigenvalue weighted by atomic mass is 9.50. The van der Waals surface area contributed by atoms with Crippen LogP contribution in [0.15, 0.2) is 48.1 Å². The molecule has 1 aromatic rings. The predicted molar refractivity (Wildman–Crippen MR) is 102 cm³/mol. The van der Waals surface area contributed by atoms with Crippen molar-refractivity contribution in [3.8, 4) is 0 Å². The molecule has 1 aromatic heterocycles. The average molecular weight is 349 g/mol. The van der Waals surface area contributed by atoms with Gasteiger partial charge in [0, 0.05) is 36.1 Å². The van der Waals surface area contributed by atoms with Crippen molar-refractivity contribution in [3.05, 3.63) is 48.1 Å². The van der Waals surface area contributed by atoms with Gasteiger partial charge in [-0.25, -0.2) is 4.98 Å². The quantitative estimate of drug-likeness (QED) is 0.835. The standard InChI is InChI=1S/C22H27N3O/c1-21-9-10-24-20(26)13-15(21)3-4-16-17-5-6-19(25-12-11-23-14-25)22(17,2)8-7-18(16)21/h5-6,11-14,16,18H,3-4,7-10H2,1-2H3,(H,24,26)/t16-,18?,21-,22-/m0/s1. The molecule has 136 valence electrons. The summed E-state index contributed by atoms with van der Waals surface area (Å²) in [6, 6.07) is 0. The third kappa shape index (κ3) is 2.07. The summed E-state index contributed by atoms with van der Waals surface area (Å²) in [5, 5.41) is 3.05. The highest BCUT2D eigenvalue weighted by Crippen LogP contribution is 2.63. The van der Waals surface area contributed by atoms with Gasteiger partial charge in [-0.2, -0.15) is 0 Å². The molecule has 4 aliphatic rings. The lowest BCUT2D eigenvalue weighted by molar-refractivity contribution is -0.116. The van der Waals surface area contributed by atoms with Gasteiger partial charge in [0.25, 0.3) is 0 Å². The second kappa shape index (κ2) is 5.45. The van der Waals surface area contributed by atoms with Crippen molar-refractivity contribution in [1.82, 2.24) is 14.9 Å². The van der Waals surface area contributed by atoms with Gasteiger partial charge in [0.2, 0.25) is 5.91 Å². The molecule has 26 heavy (non-hydrogen) atoms. The van der Waals surface area contributed by atoms with Gasteiger partial charge in [0.05, 0.1) is 6.33 Å². The minimum atomic E-state index is 0.104. The zero-order chi connectivity index (χ0) is 17.9. The van der Waals surface area contributed by atoms with Crippen LogP contribution in [0.1, 0.15) is 46.0 Å². The molecule has 0 radical (unpaired) electrons. The van der Waals surface area contributed by atoms with Crippen LogP contribution < -0.4 is 5.32 Å². The molecule has 2 heterocycles. The van der Waals surface area contributed by atoms with Gasteiger partial charge in [-0.3, -0.25) is 4.79 Å². The molecule has 3 aliphatic carbocycles. The number of carbonyl (C=O) groups is 1. The van der Waals surface area contributed by atoms with Gasteiger partial charge in [-0.1, -0.05) is 31.1 Å². The Balaban J connectivity index is 1.50. The largest absolute Gasteiger partial charge is 0.353 e. The molecule has 1 unspecified atom stereocenters. The van der Waals surface area contributed by atoms with Gasteiger partial charge in [0.15, 0.2) is 0 Å². The van der Waals surface area contributed by atoms with Gasteiger partial charge < -0.3 is 9.88 Å². The zero-order valence-corrected chi connectivity index (χ0v) is 15.7. The van der Waals surface area contributed by atoms with E-state index < -0.39 is 0 Å². The maximum atomic E-state index is 12.0. The Morgan fingerprint density at radius 1 is 1.23 bits per heavy atom. The van der Waals surface area contributed by atoms with E-state index >= 15 is 0 Å². The molecule has 0 aromatic carbocycles. The van der Waals surface area contributed by atoms with Crippen molar-refractivity contribution in [1.29, 1.82) is 0 Å². The summed E-state index contributed by atoms with van der Waals surface area (Å²) < 4.78 is 2.19. The van der Waals surface area contributed by atoms with Crippen molar-refractivity contribution < 1.29 is 4.79 Å². The molecule has 1 amide bonds. The number of allylic oxidation sites excluding steroid dienone is 5. The molecule has 0 spiro atoms. The summed E-state index contributed by atoms with van der Waals surface area (Å²) in [6.07, 6.45) is 18.2. The summed E-state index contributed by atoms with van der Waals surface area (Å²) in [4.78, 5) is 16.3. The Morgan fingerprint density at radius 3 is 2.92 bits per heavy atom. The number of carbonyl (C=O) groups excluding carboxylic acids is 1. The first-order chi connectivity index (χ1) is 12.5. The summed E-state index contributed by atoms with van der Waals surface area (Å²) in [7, 11) is 0. The lowest BCUT2D eigenvalue weighted by Crippen LogP contribution is -2.46. The molecule has 4 nitrogen and oxygen atoms in total. The lowest BCUT2D eigenvalue weighted by Gasteiger charge is -2.54. The monoisotopic (exact) mass is 349 g/mol. The van der Waals surface area contributed by atoms with Crippen LogP contribution in [-0.2, 0) is 4.79 Å². The van der Waals surface area contributed by atoms with Crippen molar-refractivity contribution in [2.45, 2.75) is 46.0 Å². The van der Waals surface area contributed by atoms with E-state index in [1.807, 2.05) is 18.6 Å². The van der Waals surface area contributed by atoms with Crippen LogP contribution in [0, 0.1) is 22.7 Å². The Bertz CT molecular complexity index is 847. The fourth-order valence-electron chi connectivity index (χ4n) is 6.32. The van der Waals surface area contributed by atoms with E-state index in [2.05, 4.69) is 47.1 Å². The van der Waals surface area contributed by atoms with E-state index in [1.165, 1.54) is 30.5 Å². The normalized spacial score (nSPS) is 38.8. The number of rotatable bonds is 1. The fourth-order valence-corrected chi connectivity index (χ4v) is 6.32. The smallest absolute Gasteiger partial charge is 0.243 e. The van der Waals surface area contributed by atoms with Gasteiger partial charge in [0.1, 0.15) is 0 Å². The van der Waals surface area contributed by atoms with E-state index in [-0.39, 0.29) is 16.7 Å². The third-order valence-electron chi connectivity index (χ3n) is 7.77. The number of imidazole rings is 1. The summed E-state index contributed by atoms with van der Waals surface area (Å²) in [5.74, 6) is 1.37. The van der Waals surface area contributed by atoms with Crippen molar-refractivity contribution in [3.63, 3.8) is 0 Å². The highest BCUT2D eigenvalue weighted by molar-refractivity contribution is 5.88. The SMILES string of the molecule is C[C@]12CCC3[C@@H](CCC4=CC(=O)NCC[C@@]43C)C1=CC=C2n1ccnc1. The summed E-state index contributed by atoms with van der Waals surface area (Å²) in [5.41, 5.74) is 4.65. The number of hydrogen-bond donors (Lipinski definition) is 1. The van der Waals surface area contributed by atoms with Crippen LogP contribution in [0.25, 0.3) is 5.70 Å². The van der Waals surface area contributed by atoms with Crippen LogP contribution in [0.3, 0.4) is 0 Å². The maximum absolute atomic E-state index is 12.0. The Labute approximate surface area is 155 Å². The minimum Gasteiger partial charge on any atom is -0.353 e. The maximum Gasteiger partial charge on any atom is 0.243 e. The Hall–Kier alpha value is -2.10. The molecule has 0 bridgehead atoms. The van der Waals surface area contributed by atoms with E-state index in [4.69, 9.17) is 0 Å². The number of aromatic nitrogens is 2. The van der Waals surface area contributed by atoms with Gasteiger partial charge >= 0.3 is 0 Å². The van der Waals surface area contributed by atoms with E-state index in [0.717, 1.165) is 19.4 Å². The fraction of sp³-hybridized carbons (Fsp3) is 0.545. The first-order valence-corrected chi connectivity index (χ1v) is 9.92. The molecular formula is C22H27N3O. The first kappa shape index (κ1) is 16.1. The minimum absolute atomic E-state index is 0.104. The molecular weight excluding hydrogens is 322 g/mol. The van der Waals surface area contributed by atoms with Gasteiger partial charge in [-0.05, 0) is 55.4 Å². The van der Waals surface area contributed by atoms with E-state index in [9.17, 15) is 4.79 Å². The second-order valence-electron chi connectivity index (χ2n) is 8.89. The number of fused-ring (bicyclic) bond motifs is 5. The van der Waals surface area contributed by atoms with E-state index in [1.54, 1.807) is 5.57 Å². The first-order valence-electron chi connectivity index (χ1n) is 9.92. The van der Waals surface area contributed by atoms with Crippen molar-refractivity contribution in [2.24, 2.45) is 22.7 Å². The van der Waals surface area contributed by atoms with Crippen LogP contribution >= 0.6 is 0 Å². The summed E-state index contributed by atoms with van der Waals surface area (Å²) in [6.45, 7) is 5.63. The van der Waals surface area contributed by atoms with Crippen molar-refractivity contribution in [2.75, 3.05) is 6.54 Å². The zero-order valence-electron chi connectivity index (χ0n) is 15.7. The van der Waals surface area contributed by atoms with Crippen LogP contribution in [0.5, 0.6) is 0 Å². The molecule has 1 aliphatic heterocycles. The van der Waals surface area contributed by atoms with Crippen LogP contribution in [0.2, 0.25) is 0 Å². The van der Waals surface area contributed by atoms with E-state index in [0.29, 0.717) is 11.8 Å². The number of hydrogen-bond acceptors (Lipinski definition) is 2. The molecule has 4 atom stereocenters. The van der Waals surface area contributed by atoms with Crippen LogP contribution in [0.4, 0.5) is 0 Å². The number of nitrogens with one attached hydrogen (secondary N) is 1. The highest BCUT2D eigenvalue weighted by atomic mass is 16.1. The van der Waals surface area contributed by atoms with Crippen LogP contribution in [-0.4, -0.2) is 22.0 Å². The Kier molecular flexibility index (Phi) is 3.37. The molecule has 0 saturated heterocycles. The summed E-state index contributed by atoms with van der Waals surface area (Å²) >= 11 is 0. The van der Waals surface area contributed by atoms with Gasteiger partial charge in [-0.15, -0.1) is 0 Å². The molecule has 1 N–H and O–H groups in total. The molecule has 5 rings (SSSR count). The second-order valence-corrected chi connectivity index (χ2v) is 8.89. The third-order valence-corrected chi connectivity index (χ3v) is 7.77. The molecule has 4 heteroatoms. The highest BCUT2D eigenvalue weighted by Gasteiger charge is 2.54. The number of nitrogens with zero attached hydrogens (tertiary/aromatic N) is 2.